The van der Waals surface area contributed by atoms with E-state index in [0.29, 0.717) is 0 Å². The third-order valence-electron chi connectivity index (χ3n) is 7.54. The van der Waals surface area contributed by atoms with Gasteiger partial charge in [-0.3, -0.25) is 0 Å². The predicted molar refractivity (Wildman–Crippen MR) is 185 cm³/mol. The lowest BCUT2D eigenvalue weighted by molar-refractivity contribution is 0.295. The third-order valence-corrected chi connectivity index (χ3v) is 7.54. The van der Waals surface area contributed by atoms with Crippen LogP contribution in [0.4, 0.5) is 0 Å². The summed E-state index contributed by atoms with van der Waals surface area (Å²) >= 11 is 0. The van der Waals surface area contributed by atoms with Crippen LogP contribution in [0.5, 0.6) is 11.5 Å². The molecular formula is C40H52O2. The van der Waals surface area contributed by atoms with Gasteiger partial charge in [0.2, 0.25) is 0 Å². The highest BCUT2D eigenvalue weighted by Crippen LogP contribution is 2.33. The first kappa shape index (κ1) is 33.0. The van der Waals surface area contributed by atoms with Crippen LogP contribution in [0.1, 0.15) is 119 Å². The summed E-state index contributed by atoms with van der Waals surface area (Å²) in [4.78, 5) is 0. The van der Waals surface area contributed by atoms with Crippen molar-refractivity contribution in [3.8, 4) is 11.5 Å². The second kappa shape index (κ2) is 20.4. The van der Waals surface area contributed by atoms with Crippen molar-refractivity contribution in [1.29, 1.82) is 0 Å². The molecule has 3 aromatic carbocycles. The molecule has 42 heavy (non-hydrogen) atoms. The fraction of sp³-hybridized carbons (Fsp3) is 0.400. The standard InChI is InChI=1S/C40H52O2/c1-4-7-9-11-13-18-30-41-39-33-38(29-27-36-24-22-34(6-3)23-25-36)40(42-31-19-14-12-10-8-5-2)32-37(39)28-26-35-20-16-15-17-21-35/h6,15-17,20-29,32-33H,3-5,7-14,18-19,30-31H2,1-2H3/b28-26+,29-27+. The van der Waals surface area contributed by atoms with Crippen LogP contribution in [0.15, 0.2) is 73.3 Å². The second-order valence-electron chi connectivity index (χ2n) is 11.1. The lowest BCUT2D eigenvalue weighted by Crippen LogP contribution is -2.03. The van der Waals surface area contributed by atoms with E-state index in [1.165, 1.54) is 69.8 Å². The molecule has 0 saturated carbocycles. The average Bonchev–Trinajstić information content (AvgIpc) is 3.03. The van der Waals surface area contributed by atoms with Crippen LogP contribution in [0.3, 0.4) is 0 Å². The van der Waals surface area contributed by atoms with Crippen LogP contribution in [0, 0.1) is 0 Å². The van der Waals surface area contributed by atoms with E-state index >= 15 is 0 Å². The molecule has 0 aliphatic rings. The van der Waals surface area contributed by atoms with Gasteiger partial charge in [-0.25, -0.2) is 0 Å². The smallest absolute Gasteiger partial charge is 0.127 e. The fourth-order valence-corrected chi connectivity index (χ4v) is 4.91. The van der Waals surface area contributed by atoms with E-state index in [9.17, 15) is 0 Å². The zero-order valence-electron chi connectivity index (χ0n) is 26.2. The Labute approximate surface area is 256 Å². The van der Waals surface area contributed by atoms with Crippen LogP contribution in [-0.4, -0.2) is 13.2 Å². The molecule has 0 aliphatic carbocycles. The highest BCUT2D eigenvalue weighted by Gasteiger charge is 2.10. The van der Waals surface area contributed by atoms with E-state index in [2.05, 4.69) is 105 Å². The van der Waals surface area contributed by atoms with Gasteiger partial charge in [-0.1, -0.05) is 170 Å². The maximum Gasteiger partial charge on any atom is 0.127 e. The first-order valence-electron chi connectivity index (χ1n) is 16.3. The topological polar surface area (TPSA) is 18.5 Å². The van der Waals surface area contributed by atoms with Gasteiger partial charge < -0.3 is 9.47 Å². The van der Waals surface area contributed by atoms with Crippen molar-refractivity contribution in [3.05, 3.63) is 101 Å². The van der Waals surface area contributed by atoms with Crippen molar-refractivity contribution in [1.82, 2.24) is 0 Å². The van der Waals surface area contributed by atoms with Crippen LogP contribution >= 0.6 is 0 Å². The zero-order chi connectivity index (χ0) is 29.7. The molecule has 0 fully saturated rings. The van der Waals surface area contributed by atoms with Crippen molar-refractivity contribution in [2.75, 3.05) is 13.2 Å². The van der Waals surface area contributed by atoms with Gasteiger partial charge in [0.15, 0.2) is 0 Å². The largest absolute Gasteiger partial charge is 0.493 e. The molecule has 0 N–H and O–H groups in total. The molecule has 224 valence electrons. The summed E-state index contributed by atoms with van der Waals surface area (Å²) in [6.45, 7) is 9.84. The van der Waals surface area contributed by atoms with Crippen molar-refractivity contribution in [2.24, 2.45) is 0 Å². The highest BCUT2D eigenvalue weighted by atomic mass is 16.5. The lowest BCUT2D eigenvalue weighted by atomic mass is 10.0. The Kier molecular flexibility index (Phi) is 16.0. The number of ether oxygens (including phenoxy) is 2. The van der Waals surface area contributed by atoms with Crippen LogP contribution in [0.25, 0.3) is 30.4 Å². The van der Waals surface area contributed by atoms with Gasteiger partial charge in [-0.05, 0) is 41.7 Å². The van der Waals surface area contributed by atoms with Crippen LogP contribution in [0.2, 0.25) is 0 Å². The van der Waals surface area contributed by atoms with Crippen molar-refractivity contribution in [2.45, 2.75) is 90.9 Å². The van der Waals surface area contributed by atoms with E-state index in [-0.39, 0.29) is 0 Å². The molecule has 0 amide bonds. The minimum absolute atomic E-state index is 0.723. The maximum absolute atomic E-state index is 6.44. The number of benzene rings is 3. The van der Waals surface area contributed by atoms with Crippen LogP contribution < -0.4 is 9.47 Å². The summed E-state index contributed by atoms with van der Waals surface area (Å²) in [5, 5.41) is 0. The Balaban J connectivity index is 1.83. The monoisotopic (exact) mass is 564 g/mol. The molecule has 0 saturated heterocycles. The minimum Gasteiger partial charge on any atom is -0.493 e. The third kappa shape index (κ3) is 12.6. The van der Waals surface area contributed by atoms with E-state index in [1.54, 1.807) is 0 Å². The van der Waals surface area contributed by atoms with Gasteiger partial charge in [0.25, 0.3) is 0 Å². The Hall–Kier alpha value is -3.52. The Morgan fingerprint density at radius 1 is 0.500 bits per heavy atom. The lowest BCUT2D eigenvalue weighted by Gasteiger charge is -2.15. The normalized spacial score (nSPS) is 11.4. The molecule has 3 aromatic rings. The number of hydrogen-bond acceptors (Lipinski definition) is 2. The molecule has 0 unspecified atom stereocenters. The van der Waals surface area contributed by atoms with E-state index in [0.717, 1.165) is 59.8 Å². The summed E-state index contributed by atoms with van der Waals surface area (Å²) in [6.07, 6.45) is 25.4. The van der Waals surface area contributed by atoms with E-state index in [4.69, 9.17) is 9.47 Å². The number of rotatable bonds is 21. The van der Waals surface area contributed by atoms with Crippen molar-refractivity contribution >= 4 is 30.4 Å². The van der Waals surface area contributed by atoms with Gasteiger partial charge in [0, 0.05) is 11.1 Å². The molecule has 0 aromatic heterocycles. The SMILES string of the molecule is C=Cc1ccc(/C=C/c2cc(OCCCCCCCC)c(/C=C/c3ccccc3)cc2OCCCCCCCC)cc1. The van der Waals surface area contributed by atoms with E-state index in [1.807, 2.05) is 12.1 Å². The molecule has 0 bridgehead atoms. The van der Waals surface area contributed by atoms with Gasteiger partial charge >= 0.3 is 0 Å². The van der Waals surface area contributed by atoms with E-state index < -0.39 is 0 Å². The predicted octanol–water partition coefficient (Wildman–Crippen LogP) is 12.1. The first-order valence-corrected chi connectivity index (χ1v) is 16.3. The van der Waals surface area contributed by atoms with Crippen LogP contribution in [-0.2, 0) is 0 Å². The summed E-state index contributed by atoms with van der Waals surface area (Å²) in [6, 6.07) is 23.2. The molecular weight excluding hydrogens is 512 g/mol. The summed E-state index contributed by atoms with van der Waals surface area (Å²) in [5.41, 5.74) is 5.53. The molecule has 0 atom stereocenters. The molecule has 0 radical (unpaired) electrons. The van der Waals surface area contributed by atoms with Gasteiger partial charge in [0.1, 0.15) is 11.5 Å². The maximum atomic E-state index is 6.44. The summed E-state index contributed by atoms with van der Waals surface area (Å²) < 4.78 is 12.9. The van der Waals surface area contributed by atoms with Gasteiger partial charge in [-0.15, -0.1) is 0 Å². The summed E-state index contributed by atoms with van der Waals surface area (Å²) in [5.74, 6) is 1.81. The Morgan fingerprint density at radius 3 is 1.40 bits per heavy atom. The number of unbranched alkanes of at least 4 members (excludes halogenated alkanes) is 10. The molecule has 2 heteroatoms. The summed E-state index contributed by atoms with van der Waals surface area (Å²) in [7, 11) is 0. The molecule has 0 spiro atoms. The zero-order valence-corrected chi connectivity index (χ0v) is 26.2. The fourth-order valence-electron chi connectivity index (χ4n) is 4.91. The van der Waals surface area contributed by atoms with Gasteiger partial charge in [0.05, 0.1) is 13.2 Å². The molecule has 2 nitrogen and oxygen atoms in total. The second-order valence-corrected chi connectivity index (χ2v) is 11.1. The average molecular weight is 565 g/mol. The van der Waals surface area contributed by atoms with Gasteiger partial charge in [-0.2, -0.15) is 0 Å². The first-order chi connectivity index (χ1) is 20.7. The molecule has 0 aliphatic heterocycles. The van der Waals surface area contributed by atoms with Crippen molar-refractivity contribution < 1.29 is 9.47 Å². The minimum atomic E-state index is 0.723. The quantitative estimate of drug-likeness (QED) is 0.0946. The van der Waals surface area contributed by atoms with Crippen molar-refractivity contribution in [3.63, 3.8) is 0 Å². The Bertz CT molecular complexity index is 1200. The highest BCUT2D eigenvalue weighted by molar-refractivity contribution is 5.79. The molecule has 0 heterocycles. The Morgan fingerprint density at radius 2 is 0.929 bits per heavy atom. The molecule has 3 rings (SSSR count). The number of hydrogen-bond donors (Lipinski definition) is 0.